The molecule has 1 saturated heterocycles. The fraction of sp³-hybridized carbons (Fsp3) is 1.00. The van der Waals surface area contributed by atoms with E-state index < -0.39 is 7.82 Å². The molecule has 0 bridgehead atoms. The van der Waals surface area contributed by atoms with E-state index in [1.807, 2.05) is 0 Å². The summed E-state index contributed by atoms with van der Waals surface area (Å²) in [4.78, 5) is 12.3. The lowest BCUT2D eigenvalue weighted by molar-refractivity contribution is 0.0320. The first kappa shape index (κ1) is 34.0. The molecule has 36 heavy (non-hydrogen) atoms. The fourth-order valence-electron chi connectivity index (χ4n) is 4.73. The van der Waals surface area contributed by atoms with Crippen molar-refractivity contribution in [3.05, 3.63) is 0 Å². The summed E-state index contributed by atoms with van der Waals surface area (Å²) in [7, 11) is -2.30. The van der Waals surface area contributed by atoms with E-state index >= 15 is 0 Å². The second-order valence-electron chi connectivity index (χ2n) is 10.4. The first-order chi connectivity index (χ1) is 17.6. The molecule has 0 aliphatic carbocycles. The van der Waals surface area contributed by atoms with E-state index in [4.69, 9.17) is 18.5 Å². The molecular formula is C28H58NO6P. The monoisotopic (exact) mass is 535 g/mol. The predicted octanol–water partition coefficient (Wildman–Crippen LogP) is 7.51. The van der Waals surface area contributed by atoms with Crippen LogP contribution in [0.4, 0.5) is 0 Å². The second-order valence-corrected chi connectivity index (χ2v) is 11.8. The van der Waals surface area contributed by atoms with Crippen LogP contribution in [-0.4, -0.2) is 69.1 Å². The quantitative estimate of drug-likeness (QED) is 0.0907. The van der Waals surface area contributed by atoms with E-state index in [1.165, 1.54) is 89.9 Å². The Labute approximate surface area is 222 Å². The smallest absolute Gasteiger partial charge is 0.382 e. The van der Waals surface area contributed by atoms with Gasteiger partial charge in [0.25, 0.3) is 0 Å². The average Bonchev–Trinajstić information content (AvgIpc) is 2.86. The summed E-state index contributed by atoms with van der Waals surface area (Å²) in [6, 6.07) is 0. The zero-order chi connectivity index (χ0) is 26.2. The van der Waals surface area contributed by atoms with Crippen LogP contribution in [0, 0.1) is 0 Å². The van der Waals surface area contributed by atoms with E-state index in [-0.39, 0.29) is 6.10 Å². The first-order valence-electron chi connectivity index (χ1n) is 15.0. The van der Waals surface area contributed by atoms with Crippen LogP contribution >= 0.6 is 7.82 Å². The van der Waals surface area contributed by atoms with Crippen LogP contribution in [0.15, 0.2) is 0 Å². The normalized spacial score (nSPS) is 17.0. The summed E-state index contributed by atoms with van der Waals surface area (Å²) in [5.74, 6) is 0. The van der Waals surface area contributed by atoms with Gasteiger partial charge < -0.3 is 19.3 Å². The molecule has 0 aromatic rings. The Morgan fingerprint density at radius 3 is 1.72 bits per heavy atom. The fourth-order valence-corrected chi connectivity index (χ4v) is 5.73. The zero-order valence-electron chi connectivity index (χ0n) is 23.6. The number of phosphoric ester groups is 1. The molecule has 0 aromatic carbocycles. The van der Waals surface area contributed by atoms with E-state index in [0.717, 1.165) is 45.3 Å². The van der Waals surface area contributed by atoms with Crippen molar-refractivity contribution in [2.45, 2.75) is 129 Å². The van der Waals surface area contributed by atoms with Crippen LogP contribution in [0.5, 0.6) is 0 Å². The topological polar surface area (TPSA) is 77.5 Å². The van der Waals surface area contributed by atoms with Gasteiger partial charge in [-0.2, -0.15) is 0 Å². The van der Waals surface area contributed by atoms with Gasteiger partial charge in [-0.15, -0.1) is 0 Å². The van der Waals surface area contributed by atoms with Gasteiger partial charge >= 0.3 is 7.82 Å². The third-order valence-electron chi connectivity index (χ3n) is 7.05. The van der Waals surface area contributed by atoms with E-state index in [1.54, 1.807) is 7.11 Å². The van der Waals surface area contributed by atoms with Crippen LogP contribution in [0.1, 0.15) is 122 Å². The minimum absolute atomic E-state index is 0.211. The molecule has 1 aliphatic rings. The van der Waals surface area contributed by atoms with Crippen LogP contribution in [0.25, 0.3) is 0 Å². The standard InChI is InChI=1S/C28H58NO6P/c1-3-4-5-6-7-8-9-10-11-12-13-14-15-16-17-18-24-34-36(30,31)35-28-19-21-29(22-20-28)23-25-33-27-26-32-2/h28H,3-27H2,1-2H3,(H,30,31). The van der Waals surface area contributed by atoms with Crippen LogP contribution in [-0.2, 0) is 23.1 Å². The maximum atomic E-state index is 12.3. The Bertz CT molecular complexity index is 516. The zero-order valence-corrected chi connectivity index (χ0v) is 24.5. The third kappa shape index (κ3) is 21.0. The SMILES string of the molecule is CCCCCCCCCCCCCCCCCCOP(=O)(O)OC1CCN(CCOCCOC)CC1. The number of rotatable bonds is 26. The number of hydrogen-bond donors (Lipinski definition) is 1. The summed E-state index contributed by atoms with van der Waals surface area (Å²) in [6.45, 7) is 7.02. The van der Waals surface area contributed by atoms with Crippen molar-refractivity contribution in [1.82, 2.24) is 4.90 Å². The van der Waals surface area contributed by atoms with Crippen LogP contribution in [0.3, 0.4) is 0 Å². The summed E-state index contributed by atoms with van der Waals surface area (Å²) < 4.78 is 33.4. The Balaban J connectivity index is 1.87. The average molecular weight is 536 g/mol. The molecule has 216 valence electrons. The van der Waals surface area contributed by atoms with Crippen molar-refractivity contribution in [3.8, 4) is 0 Å². The van der Waals surface area contributed by atoms with Crippen molar-refractivity contribution in [2.75, 3.05) is 53.2 Å². The summed E-state index contributed by atoms with van der Waals surface area (Å²) >= 11 is 0. The second kappa shape index (κ2) is 24.1. The molecule has 1 fully saturated rings. The van der Waals surface area contributed by atoms with Gasteiger partial charge in [-0.1, -0.05) is 103 Å². The Morgan fingerprint density at radius 2 is 1.22 bits per heavy atom. The number of unbranched alkanes of at least 4 members (excludes halogenated alkanes) is 15. The summed E-state index contributed by atoms with van der Waals surface area (Å²) in [5, 5.41) is 0. The number of nitrogens with zero attached hydrogens (tertiary/aromatic N) is 1. The number of ether oxygens (including phenoxy) is 2. The number of methoxy groups -OCH3 is 1. The highest BCUT2D eigenvalue weighted by atomic mass is 31.2. The van der Waals surface area contributed by atoms with Gasteiger partial charge in [0, 0.05) is 26.7 Å². The van der Waals surface area contributed by atoms with Crippen molar-refractivity contribution in [3.63, 3.8) is 0 Å². The minimum atomic E-state index is -3.96. The largest absolute Gasteiger partial charge is 0.472 e. The van der Waals surface area contributed by atoms with E-state index in [0.29, 0.717) is 26.4 Å². The first-order valence-corrected chi connectivity index (χ1v) is 16.5. The Kier molecular flexibility index (Phi) is 22.7. The van der Waals surface area contributed by atoms with Crippen molar-refractivity contribution in [1.29, 1.82) is 0 Å². The molecule has 0 spiro atoms. The van der Waals surface area contributed by atoms with Crippen LogP contribution < -0.4 is 0 Å². The lowest BCUT2D eigenvalue weighted by atomic mass is 10.0. The highest BCUT2D eigenvalue weighted by molar-refractivity contribution is 7.47. The number of piperidine rings is 1. The van der Waals surface area contributed by atoms with Gasteiger partial charge in [0.15, 0.2) is 0 Å². The number of likely N-dealkylation sites (tertiary alicyclic amines) is 1. The van der Waals surface area contributed by atoms with Crippen LogP contribution in [0.2, 0.25) is 0 Å². The summed E-state index contributed by atoms with van der Waals surface area (Å²) in [5.41, 5.74) is 0. The molecule has 1 atom stereocenters. The minimum Gasteiger partial charge on any atom is -0.382 e. The van der Waals surface area contributed by atoms with Gasteiger partial charge in [0.2, 0.25) is 0 Å². The Hall–Kier alpha value is -0.0100. The lowest BCUT2D eigenvalue weighted by Crippen LogP contribution is -2.38. The number of phosphoric acid groups is 1. The molecule has 1 rings (SSSR count). The van der Waals surface area contributed by atoms with E-state index in [2.05, 4.69) is 11.8 Å². The molecule has 0 aromatic heterocycles. The predicted molar refractivity (Wildman–Crippen MR) is 149 cm³/mol. The van der Waals surface area contributed by atoms with Gasteiger partial charge in [0.05, 0.1) is 32.5 Å². The molecule has 7 nitrogen and oxygen atoms in total. The molecule has 1 heterocycles. The van der Waals surface area contributed by atoms with Gasteiger partial charge in [-0.3, -0.25) is 9.05 Å². The summed E-state index contributed by atoms with van der Waals surface area (Å²) in [6.07, 6.45) is 22.2. The highest BCUT2D eigenvalue weighted by Crippen LogP contribution is 2.46. The molecule has 0 radical (unpaired) electrons. The van der Waals surface area contributed by atoms with Gasteiger partial charge in [-0.25, -0.2) is 4.57 Å². The molecule has 1 N–H and O–H groups in total. The van der Waals surface area contributed by atoms with Crippen molar-refractivity contribution >= 4 is 7.82 Å². The van der Waals surface area contributed by atoms with E-state index in [9.17, 15) is 9.46 Å². The maximum absolute atomic E-state index is 12.3. The lowest BCUT2D eigenvalue weighted by Gasteiger charge is -2.32. The Morgan fingerprint density at radius 1 is 0.722 bits per heavy atom. The number of hydrogen-bond acceptors (Lipinski definition) is 6. The van der Waals surface area contributed by atoms with Gasteiger partial charge in [-0.05, 0) is 19.3 Å². The molecule has 0 amide bonds. The third-order valence-corrected chi connectivity index (χ3v) is 8.13. The molecule has 1 unspecified atom stereocenters. The maximum Gasteiger partial charge on any atom is 0.472 e. The van der Waals surface area contributed by atoms with Crippen molar-refractivity contribution < 1.29 is 28.0 Å². The molecular weight excluding hydrogens is 477 g/mol. The highest BCUT2D eigenvalue weighted by Gasteiger charge is 2.29. The van der Waals surface area contributed by atoms with Crippen molar-refractivity contribution in [2.24, 2.45) is 0 Å². The molecule has 0 saturated carbocycles. The molecule has 8 heteroatoms. The van der Waals surface area contributed by atoms with Gasteiger partial charge in [0.1, 0.15) is 0 Å². The molecule has 1 aliphatic heterocycles.